The smallest absolute Gasteiger partial charge is 0.332 e. The number of anilines is 4. The molecule has 0 aliphatic carbocycles. The number of carbonyl (C=O) groups excluding carboxylic acids is 1. The van der Waals surface area contributed by atoms with Gasteiger partial charge in [0.15, 0.2) is 5.82 Å². The molecule has 1 aromatic heterocycles. The predicted molar refractivity (Wildman–Crippen MR) is 111 cm³/mol. The molecule has 0 bridgehead atoms. The highest BCUT2D eigenvalue weighted by atomic mass is 35.5. The fraction of sp³-hybridized carbons (Fsp3) is 0.105. The fourth-order valence-electron chi connectivity index (χ4n) is 2.97. The van der Waals surface area contributed by atoms with Gasteiger partial charge in [0, 0.05) is 17.9 Å². The van der Waals surface area contributed by atoms with E-state index >= 15 is 0 Å². The van der Waals surface area contributed by atoms with E-state index in [-0.39, 0.29) is 18.4 Å². The van der Waals surface area contributed by atoms with Gasteiger partial charge in [0.25, 0.3) is 0 Å². The van der Waals surface area contributed by atoms with Crippen LogP contribution in [0.2, 0.25) is 5.02 Å². The van der Waals surface area contributed by atoms with Crippen LogP contribution in [0.25, 0.3) is 0 Å². The summed E-state index contributed by atoms with van der Waals surface area (Å²) in [6, 6.07) is 10.9. The Morgan fingerprint density at radius 3 is 2.83 bits per heavy atom. The van der Waals surface area contributed by atoms with Crippen molar-refractivity contribution in [1.29, 1.82) is 0 Å². The lowest BCUT2D eigenvalue weighted by molar-refractivity contribution is -0.115. The van der Waals surface area contributed by atoms with Crippen LogP contribution >= 0.6 is 11.6 Å². The number of halogens is 2. The molecule has 0 radical (unpaired) electrons. The molecule has 2 aromatic carbocycles. The van der Waals surface area contributed by atoms with Gasteiger partial charge in [-0.25, -0.2) is 4.98 Å². The van der Waals surface area contributed by atoms with E-state index in [1.165, 1.54) is 24.4 Å². The molecule has 0 spiro atoms. The van der Waals surface area contributed by atoms with E-state index in [4.69, 9.17) is 11.6 Å². The molecule has 1 aliphatic rings. The molecule has 11 heteroatoms. The zero-order valence-electron chi connectivity index (χ0n) is 15.3. The van der Waals surface area contributed by atoms with Crippen molar-refractivity contribution in [2.75, 3.05) is 16.0 Å². The van der Waals surface area contributed by atoms with Gasteiger partial charge in [0.2, 0.25) is 11.9 Å². The number of carbonyl (C=O) groups is 1. The van der Waals surface area contributed by atoms with Crippen molar-refractivity contribution >= 4 is 50.9 Å². The molecule has 1 aliphatic heterocycles. The maximum absolute atomic E-state index is 13.2. The minimum atomic E-state index is -4.78. The van der Waals surface area contributed by atoms with E-state index in [0.29, 0.717) is 28.5 Å². The van der Waals surface area contributed by atoms with Crippen LogP contribution in [0.15, 0.2) is 53.6 Å². The Morgan fingerprint density at radius 1 is 1.20 bits per heavy atom. The summed E-state index contributed by atoms with van der Waals surface area (Å²) in [6.45, 7) is 0.178. The van der Waals surface area contributed by atoms with E-state index in [9.17, 15) is 17.1 Å². The SMILES string of the molecule is O=C1Cc2cc(Nc3nc(NCc4cccc(S(=O)(=O)F)c4)ncc3Cl)ccc2N1. The summed E-state index contributed by atoms with van der Waals surface area (Å²) in [4.78, 5) is 19.5. The van der Waals surface area contributed by atoms with Crippen molar-refractivity contribution in [3.63, 3.8) is 0 Å². The van der Waals surface area contributed by atoms with E-state index < -0.39 is 15.1 Å². The summed E-state index contributed by atoms with van der Waals surface area (Å²) in [7, 11) is -4.78. The average molecular weight is 448 g/mol. The van der Waals surface area contributed by atoms with Crippen molar-refractivity contribution in [2.24, 2.45) is 0 Å². The first-order valence-electron chi connectivity index (χ1n) is 8.78. The highest BCUT2D eigenvalue weighted by molar-refractivity contribution is 7.86. The van der Waals surface area contributed by atoms with E-state index in [1.807, 2.05) is 6.07 Å². The Labute approximate surface area is 176 Å². The first kappa shape index (κ1) is 20.0. The van der Waals surface area contributed by atoms with Crippen LogP contribution in [0.4, 0.5) is 27.0 Å². The van der Waals surface area contributed by atoms with Crippen molar-refractivity contribution in [2.45, 2.75) is 17.9 Å². The van der Waals surface area contributed by atoms with E-state index in [2.05, 4.69) is 25.9 Å². The number of hydrogen-bond acceptors (Lipinski definition) is 7. The molecular formula is C19H15ClFN5O3S. The molecule has 30 heavy (non-hydrogen) atoms. The Balaban J connectivity index is 1.49. The van der Waals surface area contributed by atoms with Crippen LogP contribution in [0.1, 0.15) is 11.1 Å². The highest BCUT2D eigenvalue weighted by Crippen LogP contribution is 2.29. The molecule has 0 fully saturated rings. The number of aromatic nitrogens is 2. The first-order chi connectivity index (χ1) is 14.3. The lowest BCUT2D eigenvalue weighted by atomic mass is 10.1. The molecular weight excluding hydrogens is 433 g/mol. The van der Waals surface area contributed by atoms with Gasteiger partial charge in [0.05, 0.1) is 17.5 Å². The number of fused-ring (bicyclic) bond motifs is 1. The van der Waals surface area contributed by atoms with Crippen molar-refractivity contribution in [3.05, 3.63) is 64.8 Å². The number of nitrogens with one attached hydrogen (secondary N) is 3. The third-order valence-electron chi connectivity index (χ3n) is 4.37. The standard InChI is InChI=1S/C19H15ClFN5O3S/c20-15-10-23-19(22-9-11-2-1-3-14(6-11)30(21,28)29)26-18(15)24-13-4-5-16-12(7-13)8-17(27)25-16/h1-7,10H,8-9H2,(H,25,27)(H2,22,23,24,26). The van der Waals surface area contributed by atoms with E-state index in [0.717, 1.165) is 11.3 Å². The Morgan fingerprint density at radius 2 is 2.03 bits per heavy atom. The molecule has 2 heterocycles. The summed E-state index contributed by atoms with van der Waals surface area (Å²) in [5.74, 6) is 0.540. The number of benzene rings is 2. The molecule has 4 rings (SSSR count). The minimum Gasteiger partial charge on any atom is -0.350 e. The third-order valence-corrected chi connectivity index (χ3v) is 5.46. The van der Waals surface area contributed by atoms with Crippen LogP contribution in [0.5, 0.6) is 0 Å². The van der Waals surface area contributed by atoms with Crippen LogP contribution in [0.3, 0.4) is 0 Å². The van der Waals surface area contributed by atoms with Crippen LogP contribution < -0.4 is 16.0 Å². The molecule has 0 saturated carbocycles. The molecule has 0 unspecified atom stereocenters. The van der Waals surface area contributed by atoms with Gasteiger partial charge in [0.1, 0.15) is 5.02 Å². The Bertz CT molecular complexity index is 1250. The molecule has 8 nitrogen and oxygen atoms in total. The van der Waals surface area contributed by atoms with E-state index in [1.54, 1.807) is 18.2 Å². The molecule has 3 N–H and O–H groups in total. The van der Waals surface area contributed by atoms with Gasteiger partial charge in [-0.1, -0.05) is 23.7 Å². The fourth-order valence-corrected chi connectivity index (χ4v) is 3.64. The lowest BCUT2D eigenvalue weighted by Crippen LogP contribution is -2.06. The number of rotatable bonds is 6. The molecule has 0 atom stereocenters. The minimum absolute atomic E-state index is 0.0571. The van der Waals surface area contributed by atoms with Crippen LogP contribution in [-0.4, -0.2) is 24.3 Å². The van der Waals surface area contributed by atoms with Gasteiger partial charge < -0.3 is 16.0 Å². The Kier molecular flexibility index (Phi) is 5.27. The van der Waals surface area contributed by atoms with Crippen LogP contribution in [-0.2, 0) is 28.0 Å². The maximum atomic E-state index is 13.2. The Hall–Kier alpha value is -3.24. The lowest BCUT2D eigenvalue weighted by Gasteiger charge is -2.11. The van der Waals surface area contributed by atoms with Crippen molar-refractivity contribution in [3.8, 4) is 0 Å². The largest absolute Gasteiger partial charge is 0.350 e. The van der Waals surface area contributed by atoms with Gasteiger partial charge in [-0.15, -0.1) is 3.89 Å². The van der Waals surface area contributed by atoms with Crippen LogP contribution in [0, 0.1) is 0 Å². The zero-order chi connectivity index (χ0) is 21.3. The number of nitrogens with zero attached hydrogens (tertiary/aromatic N) is 2. The topological polar surface area (TPSA) is 113 Å². The summed E-state index contributed by atoms with van der Waals surface area (Å²) in [5, 5.41) is 9.10. The van der Waals surface area contributed by atoms with Gasteiger partial charge in [-0.3, -0.25) is 4.79 Å². The van der Waals surface area contributed by atoms with Crippen molar-refractivity contribution < 1.29 is 17.1 Å². The monoisotopic (exact) mass is 447 g/mol. The number of amides is 1. The summed E-state index contributed by atoms with van der Waals surface area (Å²) in [5.41, 5.74) is 2.89. The summed E-state index contributed by atoms with van der Waals surface area (Å²) < 4.78 is 35.2. The van der Waals surface area contributed by atoms with Gasteiger partial charge in [-0.05, 0) is 41.5 Å². The van der Waals surface area contributed by atoms with Gasteiger partial charge >= 0.3 is 10.2 Å². The summed E-state index contributed by atoms with van der Waals surface area (Å²) >= 11 is 6.18. The molecule has 154 valence electrons. The molecule has 0 saturated heterocycles. The summed E-state index contributed by atoms with van der Waals surface area (Å²) in [6.07, 6.45) is 1.73. The second-order valence-corrected chi connectivity index (χ2v) is 8.31. The second-order valence-electron chi connectivity index (χ2n) is 6.55. The quantitative estimate of drug-likeness (QED) is 0.494. The normalized spacial score (nSPS) is 12.9. The highest BCUT2D eigenvalue weighted by Gasteiger charge is 2.18. The maximum Gasteiger partial charge on any atom is 0.332 e. The molecule has 3 aromatic rings. The third kappa shape index (κ3) is 4.50. The van der Waals surface area contributed by atoms with Crippen molar-refractivity contribution in [1.82, 2.24) is 9.97 Å². The van der Waals surface area contributed by atoms with Gasteiger partial charge in [-0.2, -0.15) is 13.4 Å². The second kappa shape index (κ2) is 7.88. The first-order valence-corrected chi connectivity index (χ1v) is 10.5. The number of hydrogen-bond donors (Lipinski definition) is 3. The predicted octanol–water partition coefficient (Wildman–Crippen LogP) is 3.64. The molecule has 1 amide bonds. The average Bonchev–Trinajstić information content (AvgIpc) is 3.07. The zero-order valence-corrected chi connectivity index (χ0v) is 16.9.